The molecule has 0 fully saturated rings. The maximum absolute atomic E-state index is 5.27. The van der Waals surface area contributed by atoms with Crippen molar-refractivity contribution in [3.05, 3.63) is 42.7 Å². The molecule has 0 atom stereocenters. The van der Waals surface area contributed by atoms with Gasteiger partial charge in [0.2, 0.25) is 6.79 Å². The predicted molar refractivity (Wildman–Crippen MR) is 56.0 cm³/mol. The van der Waals surface area contributed by atoms with Gasteiger partial charge < -0.3 is 9.47 Å². The predicted octanol–water partition coefficient (Wildman–Crippen LogP) is 2.95. The topological polar surface area (TPSA) is 18.5 Å². The summed E-state index contributed by atoms with van der Waals surface area (Å²) in [6.45, 7) is 3.86. The van der Waals surface area contributed by atoms with Gasteiger partial charge in [-0.25, -0.2) is 0 Å². The molecule has 0 aliphatic heterocycles. The molecule has 0 unspecified atom stereocenters. The summed E-state index contributed by atoms with van der Waals surface area (Å²) in [5, 5.41) is 0.630. The molecule has 70 valence electrons. The molecular formula is C10H11BrO2. The molecule has 1 aromatic carbocycles. The Morgan fingerprint density at radius 3 is 2.62 bits per heavy atom. The highest BCUT2D eigenvalue weighted by molar-refractivity contribution is 9.09. The van der Waals surface area contributed by atoms with Gasteiger partial charge in [-0.3, -0.25) is 0 Å². The standard InChI is InChI=1S/C10H11BrO2/c1-9(7-11)12-8-13-10-5-3-2-4-6-10/h2-6H,1,7-8H2. The molecule has 0 aliphatic carbocycles. The largest absolute Gasteiger partial charge is 0.462 e. The van der Waals surface area contributed by atoms with Crippen molar-refractivity contribution in [1.82, 2.24) is 0 Å². The Bertz CT molecular complexity index is 259. The SMILES string of the molecule is C=C(CBr)OCOc1ccccc1. The Balaban J connectivity index is 2.24. The van der Waals surface area contributed by atoms with E-state index in [1.54, 1.807) is 0 Å². The van der Waals surface area contributed by atoms with Gasteiger partial charge in [-0.1, -0.05) is 40.7 Å². The second-order valence-electron chi connectivity index (χ2n) is 2.39. The molecule has 0 N–H and O–H groups in total. The normalized spacial score (nSPS) is 9.31. The van der Waals surface area contributed by atoms with Gasteiger partial charge in [0.15, 0.2) is 0 Å². The fraction of sp³-hybridized carbons (Fsp3) is 0.200. The highest BCUT2D eigenvalue weighted by atomic mass is 79.9. The number of para-hydroxylation sites is 1. The molecule has 0 saturated heterocycles. The van der Waals surface area contributed by atoms with Crippen LogP contribution in [0.15, 0.2) is 42.7 Å². The molecule has 3 heteroatoms. The summed E-state index contributed by atoms with van der Waals surface area (Å²) in [5.41, 5.74) is 0. The zero-order chi connectivity index (χ0) is 9.52. The first-order valence-corrected chi connectivity index (χ1v) is 4.99. The van der Waals surface area contributed by atoms with Crippen LogP contribution < -0.4 is 4.74 Å². The van der Waals surface area contributed by atoms with Crippen LogP contribution in [0, 0.1) is 0 Å². The zero-order valence-corrected chi connectivity index (χ0v) is 8.79. The number of benzene rings is 1. The number of halogens is 1. The van der Waals surface area contributed by atoms with Crippen LogP contribution in [0.1, 0.15) is 0 Å². The Labute approximate surface area is 86.3 Å². The van der Waals surface area contributed by atoms with Gasteiger partial charge in [-0.05, 0) is 12.1 Å². The van der Waals surface area contributed by atoms with Crippen molar-refractivity contribution in [3.63, 3.8) is 0 Å². The van der Waals surface area contributed by atoms with E-state index in [0.29, 0.717) is 11.1 Å². The van der Waals surface area contributed by atoms with E-state index < -0.39 is 0 Å². The van der Waals surface area contributed by atoms with E-state index in [2.05, 4.69) is 22.5 Å². The Kier molecular flexibility index (Phi) is 4.40. The molecule has 2 nitrogen and oxygen atoms in total. The summed E-state index contributed by atoms with van der Waals surface area (Å²) in [4.78, 5) is 0. The first kappa shape index (κ1) is 10.1. The number of ether oxygens (including phenoxy) is 2. The maximum Gasteiger partial charge on any atom is 0.230 e. The van der Waals surface area contributed by atoms with Gasteiger partial charge in [-0.15, -0.1) is 0 Å². The summed E-state index contributed by atoms with van der Waals surface area (Å²) in [5.74, 6) is 1.46. The minimum atomic E-state index is 0.203. The average Bonchev–Trinajstić information content (AvgIpc) is 2.19. The van der Waals surface area contributed by atoms with Crippen molar-refractivity contribution in [3.8, 4) is 5.75 Å². The van der Waals surface area contributed by atoms with Crippen LogP contribution in [0.4, 0.5) is 0 Å². The first-order chi connectivity index (χ1) is 6.33. The third-order valence-corrected chi connectivity index (χ3v) is 2.01. The third-order valence-electron chi connectivity index (χ3n) is 1.38. The average molecular weight is 243 g/mol. The monoisotopic (exact) mass is 242 g/mol. The van der Waals surface area contributed by atoms with Gasteiger partial charge in [0.05, 0.1) is 5.33 Å². The van der Waals surface area contributed by atoms with Crippen LogP contribution in [0.2, 0.25) is 0 Å². The summed E-state index contributed by atoms with van der Waals surface area (Å²) < 4.78 is 10.4. The van der Waals surface area contributed by atoms with Crippen LogP contribution in [-0.2, 0) is 4.74 Å². The molecule has 1 rings (SSSR count). The Hall–Kier alpha value is -0.960. The van der Waals surface area contributed by atoms with Gasteiger partial charge in [0.1, 0.15) is 11.5 Å². The van der Waals surface area contributed by atoms with E-state index in [-0.39, 0.29) is 6.79 Å². The quantitative estimate of drug-likeness (QED) is 0.449. The molecule has 0 aliphatic rings. The van der Waals surface area contributed by atoms with E-state index >= 15 is 0 Å². The van der Waals surface area contributed by atoms with Crippen molar-refractivity contribution in [2.45, 2.75) is 0 Å². The fourth-order valence-electron chi connectivity index (χ4n) is 0.736. The molecule has 0 amide bonds. The Morgan fingerprint density at radius 1 is 1.31 bits per heavy atom. The lowest BCUT2D eigenvalue weighted by Gasteiger charge is -2.08. The van der Waals surface area contributed by atoms with Crippen molar-refractivity contribution < 1.29 is 9.47 Å². The maximum atomic E-state index is 5.27. The van der Waals surface area contributed by atoms with Crippen LogP contribution in [0.25, 0.3) is 0 Å². The highest BCUT2D eigenvalue weighted by Crippen LogP contribution is 2.08. The van der Waals surface area contributed by atoms with Gasteiger partial charge >= 0.3 is 0 Å². The lowest BCUT2D eigenvalue weighted by atomic mass is 10.3. The van der Waals surface area contributed by atoms with E-state index in [9.17, 15) is 0 Å². The van der Waals surface area contributed by atoms with Crippen LogP contribution in [0.3, 0.4) is 0 Å². The number of hydrogen-bond donors (Lipinski definition) is 0. The van der Waals surface area contributed by atoms with Gasteiger partial charge in [-0.2, -0.15) is 0 Å². The molecule has 0 aromatic heterocycles. The smallest absolute Gasteiger partial charge is 0.230 e. The number of alkyl halides is 1. The van der Waals surface area contributed by atoms with Crippen LogP contribution in [-0.4, -0.2) is 12.1 Å². The van der Waals surface area contributed by atoms with Crippen molar-refractivity contribution in [1.29, 1.82) is 0 Å². The van der Waals surface area contributed by atoms with Gasteiger partial charge in [0.25, 0.3) is 0 Å². The lowest BCUT2D eigenvalue weighted by molar-refractivity contribution is 0.0638. The number of rotatable bonds is 5. The van der Waals surface area contributed by atoms with E-state index in [0.717, 1.165) is 5.75 Å². The highest BCUT2D eigenvalue weighted by Gasteiger charge is 1.92. The molecule has 0 heterocycles. The van der Waals surface area contributed by atoms with E-state index in [4.69, 9.17) is 9.47 Å². The summed E-state index contributed by atoms with van der Waals surface area (Å²) in [6.07, 6.45) is 0. The second kappa shape index (κ2) is 5.65. The molecule has 13 heavy (non-hydrogen) atoms. The molecule has 0 radical (unpaired) electrons. The van der Waals surface area contributed by atoms with Crippen LogP contribution >= 0.6 is 15.9 Å². The lowest BCUT2D eigenvalue weighted by Crippen LogP contribution is -2.02. The van der Waals surface area contributed by atoms with Crippen LogP contribution in [0.5, 0.6) is 5.75 Å². The first-order valence-electron chi connectivity index (χ1n) is 3.87. The molecule has 0 bridgehead atoms. The molecular weight excluding hydrogens is 232 g/mol. The van der Waals surface area contributed by atoms with E-state index in [1.165, 1.54) is 0 Å². The number of hydrogen-bond acceptors (Lipinski definition) is 2. The second-order valence-corrected chi connectivity index (χ2v) is 2.95. The van der Waals surface area contributed by atoms with Crippen molar-refractivity contribution in [2.75, 3.05) is 12.1 Å². The minimum absolute atomic E-state index is 0.203. The molecule has 0 saturated carbocycles. The molecule has 1 aromatic rings. The third kappa shape index (κ3) is 3.99. The number of allylic oxidation sites excluding steroid dienone is 1. The van der Waals surface area contributed by atoms with Crippen molar-refractivity contribution >= 4 is 15.9 Å². The fourth-order valence-corrected chi connectivity index (χ4v) is 0.898. The van der Waals surface area contributed by atoms with E-state index in [1.807, 2.05) is 30.3 Å². The summed E-state index contributed by atoms with van der Waals surface area (Å²) in [7, 11) is 0. The molecule has 0 spiro atoms. The zero-order valence-electron chi connectivity index (χ0n) is 7.20. The van der Waals surface area contributed by atoms with Crippen molar-refractivity contribution in [2.24, 2.45) is 0 Å². The Morgan fingerprint density at radius 2 is 2.00 bits per heavy atom. The van der Waals surface area contributed by atoms with Gasteiger partial charge in [0, 0.05) is 0 Å². The summed E-state index contributed by atoms with van der Waals surface area (Å²) in [6, 6.07) is 9.51. The summed E-state index contributed by atoms with van der Waals surface area (Å²) >= 11 is 3.22. The minimum Gasteiger partial charge on any atom is -0.462 e.